The van der Waals surface area contributed by atoms with E-state index in [2.05, 4.69) is 5.32 Å². The highest BCUT2D eigenvalue weighted by Crippen LogP contribution is 2.22. The number of aliphatic hydroxyl groups excluding tert-OH is 1. The first kappa shape index (κ1) is 14.3. The summed E-state index contributed by atoms with van der Waals surface area (Å²) in [5, 5.41) is 12.5. The molecule has 1 saturated carbocycles. The Morgan fingerprint density at radius 2 is 1.95 bits per heavy atom. The fraction of sp³-hybridized carbons (Fsp3) is 0.857. The molecule has 2 amide bonds. The number of nitrogens with one attached hydrogen (secondary N) is 1. The van der Waals surface area contributed by atoms with Gasteiger partial charge in [-0.2, -0.15) is 0 Å². The molecule has 108 valence electrons. The van der Waals surface area contributed by atoms with E-state index in [1.807, 2.05) is 13.8 Å². The zero-order chi connectivity index (χ0) is 14.0. The molecule has 0 spiro atoms. The molecule has 0 bridgehead atoms. The lowest BCUT2D eigenvalue weighted by Gasteiger charge is -2.27. The molecule has 0 aromatic carbocycles. The van der Waals surface area contributed by atoms with Gasteiger partial charge in [-0.05, 0) is 39.5 Å². The highest BCUT2D eigenvalue weighted by Gasteiger charge is 2.36. The molecule has 1 heterocycles. The first-order valence-corrected chi connectivity index (χ1v) is 7.25. The van der Waals surface area contributed by atoms with Gasteiger partial charge >= 0.3 is 0 Å². The SMILES string of the molecule is CC(C)N1CC(C(=O)NC2CCC(O)CC2)CC1=O. The molecule has 2 fully saturated rings. The van der Waals surface area contributed by atoms with Crippen molar-refractivity contribution >= 4 is 11.8 Å². The fourth-order valence-corrected chi connectivity index (χ4v) is 2.95. The Hall–Kier alpha value is -1.10. The van der Waals surface area contributed by atoms with Gasteiger partial charge in [0.1, 0.15) is 0 Å². The van der Waals surface area contributed by atoms with Gasteiger partial charge in [-0.25, -0.2) is 0 Å². The summed E-state index contributed by atoms with van der Waals surface area (Å²) in [5.41, 5.74) is 0. The molecule has 0 aromatic heterocycles. The highest BCUT2D eigenvalue weighted by molar-refractivity contribution is 5.89. The second-order valence-electron chi connectivity index (χ2n) is 6.05. The van der Waals surface area contributed by atoms with Crippen molar-refractivity contribution in [1.29, 1.82) is 0 Å². The predicted octanol–water partition coefficient (Wildman–Crippen LogP) is 0.663. The maximum absolute atomic E-state index is 12.2. The van der Waals surface area contributed by atoms with Gasteiger partial charge in [-0.15, -0.1) is 0 Å². The number of hydrogen-bond donors (Lipinski definition) is 2. The normalized spacial score (nSPS) is 31.9. The number of carbonyl (C=O) groups excluding carboxylic acids is 2. The van der Waals surface area contributed by atoms with Crippen LogP contribution in [0.15, 0.2) is 0 Å². The van der Waals surface area contributed by atoms with Crippen molar-refractivity contribution in [3.8, 4) is 0 Å². The Bertz CT molecular complexity index is 349. The molecule has 1 aliphatic carbocycles. The van der Waals surface area contributed by atoms with Gasteiger partial charge in [-0.1, -0.05) is 0 Å². The number of amides is 2. The van der Waals surface area contributed by atoms with E-state index in [1.165, 1.54) is 0 Å². The Kier molecular flexibility index (Phi) is 4.45. The van der Waals surface area contributed by atoms with Crippen LogP contribution in [0.3, 0.4) is 0 Å². The summed E-state index contributed by atoms with van der Waals surface area (Å²) in [5.74, 6) is -0.131. The minimum atomic E-state index is -0.211. The summed E-state index contributed by atoms with van der Waals surface area (Å²) in [6, 6.07) is 0.328. The van der Waals surface area contributed by atoms with E-state index in [1.54, 1.807) is 4.90 Å². The molecule has 0 radical (unpaired) electrons. The smallest absolute Gasteiger partial charge is 0.225 e. The van der Waals surface area contributed by atoms with Crippen LogP contribution in [0, 0.1) is 5.92 Å². The van der Waals surface area contributed by atoms with Crippen LogP contribution in [-0.4, -0.2) is 46.6 Å². The Morgan fingerprint density at radius 1 is 1.32 bits per heavy atom. The third-order valence-corrected chi connectivity index (χ3v) is 4.20. The number of nitrogens with zero attached hydrogens (tertiary/aromatic N) is 1. The summed E-state index contributed by atoms with van der Waals surface area (Å²) in [6.45, 7) is 4.49. The van der Waals surface area contributed by atoms with E-state index in [4.69, 9.17) is 0 Å². The molecule has 1 saturated heterocycles. The number of rotatable bonds is 3. The van der Waals surface area contributed by atoms with Crippen LogP contribution in [0.2, 0.25) is 0 Å². The predicted molar refractivity (Wildman–Crippen MR) is 71.4 cm³/mol. The highest BCUT2D eigenvalue weighted by atomic mass is 16.3. The van der Waals surface area contributed by atoms with Gasteiger partial charge in [0.2, 0.25) is 11.8 Å². The molecule has 5 heteroatoms. The van der Waals surface area contributed by atoms with E-state index in [-0.39, 0.29) is 35.9 Å². The lowest BCUT2D eigenvalue weighted by Crippen LogP contribution is -2.42. The summed E-state index contributed by atoms with van der Waals surface area (Å²) >= 11 is 0. The second-order valence-corrected chi connectivity index (χ2v) is 6.05. The number of hydrogen-bond acceptors (Lipinski definition) is 3. The summed E-state index contributed by atoms with van der Waals surface area (Å²) in [6.07, 6.45) is 3.30. The third kappa shape index (κ3) is 3.47. The molecule has 0 aromatic rings. The standard InChI is InChI=1S/C14H24N2O3/c1-9(2)16-8-10(7-13(16)18)14(19)15-11-3-5-12(17)6-4-11/h9-12,17H,3-8H2,1-2H3,(H,15,19). The zero-order valence-electron chi connectivity index (χ0n) is 11.8. The van der Waals surface area contributed by atoms with E-state index in [0.717, 1.165) is 25.7 Å². The van der Waals surface area contributed by atoms with E-state index in [0.29, 0.717) is 13.0 Å². The topological polar surface area (TPSA) is 69.6 Å². The van der Waals surface area contributed by atoms with Crippen LogP contribution >= 0.6 is 0 Å². The molecule has 19 heavy (non-hydrogen) atoms. The summed E-state index contributed by atoms with van der Waals surface area (Å²) in [7, 11) is 0. The Labute approximate surface area is 114 Å². The quantitative estimate of drug-likeness (QED) is 0.790. The maximum Gasteiger partial charge on any atom is 0.225 e. The van der Waals surface area contributed by atoms with Gasteiger partial charge in [0, 0.05) is 25.0 Å². The summed E-state index contributed by atoms with van der Waals surface area (Å²) < 4.78 is 0. The van der Waals surface area contributed by atoms with Crippen molar-refractivity contribution in [2.75, 3.05) is 6.54 Å². The average Bonchev–Trinajstić information content (AvgIpc) is 2.74. The molecule has 1 atom stereocenters. The van der Waals surface area contributed by atoms with E-state index < -0.39 is 0 Å². The fourth-order valence-electron chi connectivity index (χ4n) is 2.95. The largest absolute Gasteiger partial charge is 0.393 e. The van der Waals surface area contributed by atoms with Crippen molar-refractivity contribution in [2.24, 2.45) is 5.92 Å². The van der Waals surface area contributed by atoms with Crippen molar-refractivity contribution in [1.82, 2.24) is 10.2 Å². The molecule has 5 nitrogen and oxygen atoms in total. The second kappa shape index (κ2) is 5.90. The van der Waals surface area contributed by atoms with Gasteiger partial charge in [0.15, 0.2) is 0 Å². The molecule has 2 rings (SSSR count). The monoisotopic (exact) mass is 268 g/mol. The van der Waals surface area contributed by atoms with Crippen LogP contribution in [0.1, 0.15) is 46.0 Å². The minimum Gasteiger partial charge on any atom is -0.393 e. The Balaban J connectivity index is 1.83. The van der Waals surface area contributed by atoms with Crippen molar-refractivity contribution in [2.45, 2.75) is 64.1 Å². The lowest BCUT2D eigenvalue weighted by molar-refractivity contribution is -0.130. The molecular weight excluding hydrogens is 244 g/mol. The first-order chi connectivity index (χ1) is 8.97. The van der Waals surface area contributed by atoms with E-state index >= 15 is 0 Å². The zero-order valence-corrected chi connectivity index (χ0v) is 11.8. The van der Waals surface area contributed by atoms with Gasteiger partial charge in [-0.3, -0.25) is 9.59 Å². The van der Waals surface area contributed by atoms with Crippen LogP contribution in [0.4, 0.5) is 0 Å². The van der Waals surface area contributed by atoms with Gasteiger partial charge in [0.05, 0.1) is 12.0 Å². The molecule has 2 aliphatic rings. The molecular formula is C14H24N2O3. The molecule has 1 aliphatic heterocycles. The van der Waals surface area contributed by atoms with Crippen molar-refractivity contribution in [3.63, 3.8) is 0 Å². The van der Waals surface area contributed by atoms with Crippen LogP contribution in [0.25, 0.3) is 0 Å². The van der Waals surface area contributed by atoms with E-state index in [9.17, 15) is 14.7 Å². The molecule has 2 N–H and O–H groups in total. The number of likely N-dealkylation sites (tertiary alicyclic amines) is 1. The van der Waals surface area contributed by atoms with Crippen LogP contribution in [-0.2, 0) is 9.59 Å². The van der Waals surface area contributed by atoms with Gasteiger partial charge in [0.25, 0.3) is 0 Å². The van der Waals surface area contributed by atoms with Crippen LogP contribution in [0.5, 0.6) is 0 Å². The maximum atomic E-state index is 12.2. The minimum absolute atomic E-state index is 0.00195. The first-order valence-electron chi connectivity index (χ1n) is 7.25. The average molecular weight is 268 g/mol. The Morgan fingerprint density at radius 3 is 2.47 bits per heavy atom. The van der Waals surface area contributed by atoms with Crippen LogP contribution < -0.4 is 5.32 Å². The summed E-state index contributed by atoms with van der Waals surface area (Å²) in [4.78, 5) is 25.7. The third-order valence-electron chi connectivity index (χ3n) is 4.20. The number of aliphatic hydroxyl groups is 1. The number of carbonyl (C=O) groups is 2. The van der Waals surface area contributed by atoms with Crippen molar-refractivity contribution < 1.29 is 14.7 Å². The lowest BCUT2D eigenvalue weighted by atomic mass is 9.92. The van der Waals surface area contributed by atoms with Crippen molar-refractivity contribution in [3.05, 3.63) is 0 Å². The molecule has 1 unspecified atom stereocenters. The van der Waals surface area contributed by atoms with Gasteiger partial charge < -0.3 is 15.3 Å².